The van der Waals surface area contributed by atoms with Crippen molar-refractivity contribution in [3.8, 4) is 0 Å². The predicted molar refractivity (Wildman–Crippen MR) is 85.4 cm³/mol. The molecule has 0 aromatic heterocycles. The lowest BCUT2D eigenvalue weighted by molar-refractivity contribution is -0.715. The summed E-state index contributed by atoms with van der Waals surface area (Å²) in [6, 6.07) is 7.93. The molecule has 0 spiro atoms. The summed E-state index contributed by atoms with van der Waals surface area (Å²) in [6.45, 7) is 12.5. The maximum absolute atomic E-state index is 5.86. The van der Waals surface area contributed by atoms with E-state index in [0.717, 1.165) is 11.6 Å². The third kappa shape index (κ3) is 7.39. The third-order valence-electron chi connectivity index (χ3n) is 2.97. The first-order valence-electron chi connectivity index (χ1n) is 6.94. The zero-order valence-corrected chi connectivity index (χ0v) is 13.6. The summed E-state index contributed by atoms with van der Waals surface area (Å²) in [4.78, 5) is 0. The van der Waals surface area contributed by atoms with E-state index >= 15 is 0 Å². The van der Waals surface area contributed by atoms with Crippen molar-refractivity contribution in [2.24, 2.45) is 5.41 Å². The second-order valence-corrected chi connectivity index (χ2v) is 7.56. The number of rotatable bonds is 5. The minimum absolute atomic E-state index is 0.280. The highest BCUT2D eigenvalue weighted by molar-refractivity contribution is 6.30. The van der Waals surface area contributed by atoms with Crippen molar-refractivity contribution >= 4 is 17.7 Å². The summed E-state index contributed by atoms with van der Waals surface area (Å²) in [6.07, 6.45) is 5.57. The average molecular weight is 281 g/mol. The summed E-state index contributed by atoms with van der Waals surface area (Å²) in [5, 5.41) is 3.19. The van der Waals surface area contributed by atoms with Gasteiger partial charge in [-0.25, -0.2) is 0 Å². The normalized spacial score (nSPS) is 13.2. The van der Waals surface area contributed by atoms with Crippen LogP contribution in [0.1, 0.15) is 46.6 Å². The molecule has 0 aliphatic heterocycles. The van der Waals surface area contributed by atoms with Gasteiger partial charge in [-0.1, -0.05) is 50.6 Å². The number of hydrogen-bond donors (Lipinski definition) is 1. The minimum Gasteiger partial charge on any atom is -0.339 e. The molecule has 0 fully saturated rings. The molecular formula is C17H27ClN+. The molecule has 0 heterocycles. The van der Waals surface area contributed by atoms with E-state index in [9.17, 15) is 0 Å². The Labute approximate surface area is 123 Å². The van der Waals surface area contributed by atoms with Gasteiger partial charge in [0.2, 0.25) is 0 Å². The molecule has 0 aliphatic carbocycles. The van der Waals surface area contributed by atoms with Crippen LogP contribution in [-0.2, 0) is 0 Å². The van der Waals surface area contributed by atoms with Crippen LogP contribution in [0.4, 0.5) is 0 Å². The Morgan fingerprint density at radius 3 is 2.16 bits per heavy atom. The Kier molecular flexibility index (Phi) is 5.64. The summed E-state index contributed by atoms with van der Waals surface area (Å²) >= 11 is 5.86. The van der Waals surface area contributed by atoms with Crippen LogP contribution in [0.25, 0.3) is 6.08 Å². The van der Waals surface area contributed by atoms with Gasteiger partial charge in [-0.3, -0.25) is 0 Å². The lowest BCUT2D eigenvalue weighted by Crippen LogP contribution is -2.95. The number of halogens is 1. The molecule has 1 aromatic carbocycles. The van der Waals surface area contributed by atoms with Gasteiger partial charge in [-0.15, -0.1) is 0 Å². The molecular weight excluding hydrogens is 254 g/mol. The monoisotopic (exact) mass is 280 g/mol. The molecule has 0 atom stereocenters. The summed E-state index contributed by atoms with van der Waals surface area (Å²) in [7, 11) is 0. The number of nitrogens with two attached hydrogens (primary N) is 1. The summed E-state index contributed by atoms with van der Waals surface area (Å²) < 4.78 is 0. The lowest BCUT2D eigenvalue weighted by atomic mass is 9.82. The van der Waals surface area contributed by atoms with E-state index in [1.807, 2.05) is 24.3 Å². The standard InChI is InChI=1S/C17H26ClN/c1-16(2,3)13-17(4,5)19-12-6-7-14-8-10-15(18)11-9-14/h6-11,19H,12-13H2,1-5H3/p+1/b7-6+. The Balaban J connectivity index is 2.43. The summed E-state index contributed by atoms with van der Waals surface area (Å²) in [5.74, 6) is 0. The van der Waals surface area contributed by atoms with Gasteiger partial charge in [0.05, 0.1) is 12.1 Å². The van der Waals surface area contributed by atoms with E-state index < -0.39 is 0 Å². The van der Waals surface area contributed by atoms with Crippen LogP contribution in [-0.4, -0.2) is 12.1 Å². The topological polar surface area (TPSA) is 16.6 Å². The van der Waals surface area contributed by atoms with E-state index in [2.05, 4.69) is 52.1 Å². The smallest absolute Gasteiger partial charge is 0.0949 e. The molecule has 19 heavy (non-hydrogen) atoms. The molecule has 1 aromatic rings. The van der Waals surface area contributed by atoms with E-state index in [4.69, 9.17) is 11.6 Å². The molecule has 106 valence electrons. The van der Waals surface area contributed by atoms with Crippen LogP contribution in [0.2, 0.25) is 5.02 Å². The van der Waals surface area contributed by atoms with Crippen LogP contribution < -0.4 is 5.32 Å². The molecule has 0 saturated heterocycles. The molecule has 1 rings (SSSR count). The first kappa shape index (κ1) is 16.3. The minimum atomic E-state index is 0.280. The van der Waals surface area contributed by atoms with Crippen LogP contribution in [0, 0.1) is 5.41 Å². The zero-order chi connectivity index (χ0) is 14.5. The van der Waals surface area contributed by atoms with E-state index in [-0.39, 0.29) is 5.54 Å². The zero-order valence-electron chi connectivity index (χ0n) is 12.8. The largest absolute Gasteiger partial charge is 0.339 e. The number of quaternary nitrogens is 1. The maximum Gasteiger partial charge on any atom is 0.0949 e. The quantitative estimate of drug-likeness (QED) is 0.835. The Hall–Kier alpha value is -0.790. The molecule has 0 saturated carbocycles. The van der Waals surface area contributed by atoms with Crippen molar-refractivity contribution in [2.75, 3.05) is 6.54 Å². The fourth-order valence-electron chi connectivity index (χ4n) is 2.60. The van der Waals surface area contributed by atoms with Crippen molar-refractivity contribution < 1.29 is 5.32 Å². The van der Waals surface area contributed by atoms with Crippen molar-refractivity contribution in [2.45, 2.75) is 46.6 Å². The fourth-order valence-corrected chi connectivity index (χ4v) is 2.73. The SMILES string of the molecule is CC(C)(C)CC(C)(C)[NH2+]C/C=C/c1ccc(Cl)cc1. The molecule has 0 aliphatic rings. The highest BCUT2D eigenvalue weighted by atomic mass is 35.5. The Bertz CT molecular complexity index is 410. The average Bonchev–Trinajstić information content (AvgIpc) is 2.23. The molecule has 0 radical (unpaired) electrons. The van der Waals surface area contributed by atoms with Gasteiger partial charge >= 0.3 is 0 Å². The van der Waals surface area contributed by atoms with Gasteiger partial charge < -0.3 is 5.32 Å². The summed E-state index contributed by atoms with van der Waals surface area (Å²) in [5.41, 5.74) is 1.86. The third-order valence-corrected chi connectivity index (χ3v) is 3.22. The van der Waals surface area contributed by atoms with Gasteiger partial charge in [0.15, 0.2) is 0 Å². The van der Waals surface area contributed by atoms with Crippen LogP contribution in [0.15, 0.2) is 30.3 Å². The molecule has 0 amide bonds. The molecule has 0 unspecified atom stereocenters. The highest BCUT2D eigenvalue weighted by Gasteiger charge is 2.27. The van der Waals surface area contributed by atoms with Crippen LogP contribution in [0.5, 0.6) is 0 Å². The van der Waals surface area contributed by atoms with Crippen LogP contribution >= 0.6 is 11.6 Å². The second kappa shape index (κ2) is 6.58. The van der Waals surface area contributed by atoms with Crippen molar-refractivity contribution in [3.05, 3.63) is 40.9 Å². The van der Waals surface area contributed by atoms with Gasteiger partial charge in [0.1, 0.15) is 0 Å². The number of hydrogen-bond acceptors (Lipinski definition) is 0. The van der Waals surface area contributed by atoms with Crippen molar-refractivity contribution in [1.29, 1.82) is 0 Å². The second-order valence-electron chi connectivity index (χ2n) is 7.12. The number of benzene rings is 1. The van der Waals surface area contributed by atoms with Crippen molar-refractivity contribution in [3.63, 3.8) is 0 Å². The molecule has 2 heteroatoms. The Morgan fingerprint density at radius 2 is 1.63 bits per heavy atom. The van der Waals surface area contributed by atoms with Gasteiger partial charge in [0.25, 0.3) is 0 Å². The van der Waals surface area contributed by atoms with E-state index in [1.54, 1.807) is 0 Å². The van der Waals surface area contributed by atoms with Crippen LogP contribution in [0.3, 0.4) is 0 Å². The van der Waals surface area contributed by atoms with Gasteiger partial charge in [-0.05, 0) is 43.0 Å². The first-order chi connectivity index (χ1) is 8.68. The van der Waals surface area contributed by atoms with E-state index in [1.165, 1.54) is 12.0 Å². The molecule has 1 nitrogen and oxygen atoms in total. The predicted octanol–water partition coefficient (Wildman–Crippen LogP) is 4.13. The fraction of sp³-hybridized carbons (Fsp3) is 0.529. The maximum atomic E-state index is 5.86. The lowest BCUT2D eigenvalue weighted by Gasteiger charge is -2.30. The van der Waals surface area contributed by atoms with Gasteiger partial charge in [-0.2, -0.15) is 0 Å². The first-order valence-corrected chi connectivity index (χ1v) is 7.32. The van der Waals surface area contributed by atoms with Gasteiger partial charge in [0, 0.05) is 11.4 Å². The highest BCUT2D eigenvalue weighted by Crippen LogP contribution is 2.24. The molecule has 2 N–H and O–H groups in total. The van der Waals surface area contributed by atoms with E-state index in [0.29, 0.717) is 5.41 Å². The van der Waals surface area contributed by atoms with Crippen molar-refractivity contribution in [1.82, 2.24) is 0 Å². The molecule has 0 bridgehead atoms. The Morgan fingerprint density at radius 1 is 1.05 bits per heavy atom.